The van der Waals surface area contributed by atoms with Gasteiger partial charge >= 0.3 is 5.97 Å². The minimum absolute atomic E-state index is 0.0900. The molecule has 7 heteroatoms. The molecule has 0 aromatic heterocycles. The van der Waals surface area contributed by atoms with Crippen molar-refractivity contribution >= 4 is 23.5 Å². The lowest BCUT2D eigenvalue weighted by atomic mass is 10.1. The van der Waals surface area contributed by atoms with Crippen LogP contribution in [0.4, 0.5) is 10.1 Å². The molecule has 0 saturated heterocycles. The lowest BCUT2D eigenvalue weighted by Gasteiger charge is -2.14. The highest BCUT2D eigenvalue weighted by molar-refractivity contribution is 5.98. The molecule has 0 heterocycles. The molecule has 1 aromatic carbocycles. The van der Waals surface area contributed by atoms with Gasteiger partial charge in [-0.05, 0) is 30.5 Å². The first-order valence-corrected chi connectivity index (χ1v) is 6.97. The number of benzene rings is 1. The zero-order valence-electron chi connectivity index (χ0n) is 12.1. The van der Waals surface area contributed by atoms with E-state index in [1.165, 1.54) is 19.1 Å². The largest absolute Gasteiger partial charge is 0.480 e. The third-order valence-corrected chi connectivity index (χ3v) is 3.41. The number of aliphatic carboxylic acids is 1. The SMILES string of the molecule is CC(=O)Nc1cc(C(=O)NC(CC2CC2)C(=O)O)ccc1F. The fourth-order valence-corrected chi connectivity index (χ4v) is 2.10. The average molecular weight is 308 g/mol. The van der Waals surface area contributed by atoms with Crippen molar-refractivity contribution in [1.82, 2.24) is 5.32 Å². The summed E-state index contributed by atoms with van der Waals surface area (Å²) in [6, 6.07) is 2.51. The van der Waals surface area contributed by atoms with Crippen LogP contribution in [0, 0.1) is 11.7 Å². The van der Waals surface area contributed by atoms with Crippen LogP contribution >= 0.6 is 0 Å². The van der Waals surface area contributed by atoms with Gasteiger partial charge in [0, 0.05) is 12.5 Å². The summed E-state index contributed by atoms with van der Waals surface area (Å²) in [5.74, 6) is -2.50. The second kappa shape index (κ2) is 6.55. The standard InChI is InChI=1S/C15H17FN2O4/c1-8(19)17-12-7-10(4-5-11(12)16)14(20)18-13(15(21)22)6-9-2-3-9/h4-5,7,9,13H,2-3,6H2,1H3,(H,17,19)(H,18,20)(H,21,22). The van der Waals surface area contributed by atoms with Gasteiger partial charge in [0.25, 0.3) is 5.91 Å². The maximum absolute atomic E-state index is 13.5. The molecule has 118 valence electrons. The van der Waals surface area contributed by atoms with E-state index in [0.717, 1.165) is 18.9 Å². The highest BCUT2D eigenvalue weighted by Gasteiger charge is 2.30. The smallest absolute Gasteiger partial charge is 0.326 e. The van der Waals surface area contributed by atoms with E-state index in [0.29, 0.717) is 12.3 Å². The lowest BCUT2D eigenvalue weighted by Crippen LogP contribution is -2.41. The topological polar surface area (TPSA) is 95.5 Å². The van der Waals surface area contributed by atoms with E-state index >= 15 is 0 Å². The van der Waals surface area contributed by atoms with E-state index in [2.05, 4.69) is 10.6 Å². The third-order valence-electron chi connectivity index (χ3n) is 3.41. The highest BCUT2D eigenvalue weighted by Crippen LogP contribution is 2.33. The Kier molecular flexibility index (Phi) is 4.75. The van der Waals surface area contributed by atoms with Crippen LogP contribution in [0.25, 0.3) is 0 Å². The summed E-state index contributed by atoms with van der Waals surface area (Å²) >= 11 is 0. The number of hydrogen-bond donors (Lipinski definition) is 3. The monoisotopic (exact) mass is 308 g/mol. The Balaban J connectivity index is 2.10. The zero-order chi connectivity index (χ0) is 16.3. The summed E-state index contributed by atoms with van der Waals surface area (Å²) in [4.78, 5) is 34.3. The van der Waals surface area contributed by atoms with Crippen molar-refractivity contribution in [3.63, 3.8) is 0 Å². The van der Waals surface area contributed by atoms with Crippen LogP contribution < -0.4 is 10.6 Å². The maximum atomic E-state index is 13.5. The molecule has 1 aliphatic rings. The summed E-state index contributed by atoms with van der Waals surface area (Å²) < 4.78 is 13.5. The molecule has 1 saturated carbocycles. The van der Waals surface area contributed by atoms with Gasteiger partial charge in [-0.2, -0.15) is 0 Å². The molecule has 1 aromatic rings. The number of anilines is 1. The van der Waals surface area contributed by atoms with Gasteiger partial charge in [0.05, 0.1) is 5.69 Å². The first-order valence-electron chi connectivity index (χ1n) is 6.97. The number of carbonyl (C=O) groups is 3. The second-order valence-electron chi connectivity index (χ2n) is 5.42. The number of nitrogens with one attached hydrogen (secondary N) is 2. The molecule has 22 heavy (non-hydrogen) atoms. The van der Waals surface area contributed by atoms with E-state index in [1.54, 1.807) is 0 Å². The van der Waals surface area contributed by atoms with Gasteiger partial charge in [-0.25, -0.2) is 9.18 Å². The Hall–Kier alpha value is -2.44. The van der Waals surface area contributed by atoms with Crippen LogP contribution in [0.3, 0.4) is 0 Å². The minimum atomic E-state index is -1.09. The van der Waals surface area contributed by atoms with Gasteiger partial charge < -0.3 is 15.7 Å². The Morgan fingerprint density at radius 1 is 1.36 bits per heavy atom. The van der Waals surface area contributed by atoms with Crippen molar-refractivity contribution in [3.05, 3.63) is 29.6 Å². The van der Waals surface area contributed by atoms with Crippen molar-refractivity contribution in [2.45, 2.75) is 32.2 Å². The van der Waals surface area contributed by atoms with Crippen molar-refractivity contribution in [2.75, 3.05) is 5.32 Å². The molecular formula is C15H17FN2O4. The van der Waals surface area contributed by atoms with Crippen molar-refractivity contribution in [3.8, 4) is 0 Å². The molecule has 2 amide bonds. The molecule has 6 nitrogen and oxygen atoms in total. The van der Waals surface area contributed by atoms with E-state index in [4.69, 9.17) is 5.11 Å². The summed E-state index contributed by atoms with van der Waals surface area (Å²) in [6.07, 6.45) is 2.34. The first kappa shape index (κ1) is 15.9. The molecule has 1 fully saturated rings. The number of rotatable bonds is 6. The summed E-state index contributed by atoms with van der Waals surface area (Å²) in [7, 11) is 0. The van der Waals surface area contributed by atoms with Crippen molar-refractivity contribution in [2.24, 2.45) is 5.92 Å². The quantitative estimate of drug-likeness (QED) is 0.746. The van der Waals surface area contributed by atoms with Crippen LogP contribution in [0.15, 0.2) is 18.2 Å². The van der Waals surface area contributed by atoms with Gasteiger partial charge in [-0.3, -0.25) is 9.59 Å². The normalized spacial score (nSPS) is 15.0. The van der Waals surface area contributed by atoms with Crippen LogP contribution in [0.2, 0.25) is 0 Å². The van der Waals surface area contributed by atoms with Gasteiger partial charge in [0.2, 0.25) is 5.91 Å². The molecule has 2 rings (SSSR count). The van der Waals surface area contributed by atoms with E-state index < -0.39 is 29.6 Å². The highest BCUT2D eigenvalue weighted by atomic mass is 19.1. The lowest BCUT2D eigenvalue weighted by molar-refractivity contribution is -0.139. The number of carboxylic acid groups (broad SMARTS) is 1. The number of hydrogen-bond acceptors (Lipinski definition) is 3. The Bertz CT molecular complexity index is 614. The van der Waals surface area contributed by atoms with Gasteiger partial charge in [0.15, 0.2) is 0 Å². The molecule has 1 atom stereocenters. The van der Waals surface area contributed by atoms with E-state index in [1.807, 2.05) is 0 Å². The predicted molar refractivity (Wildman–Crippen MR) is 76.9 cm³/mol. The minimum Gasteiger partial charge on any atom is -0.480 e. The molecule has 3 N–H and O–H groups in total. The summed E-state index contributed by atoms with van der Waals surface area (Å²) in [5.41, 5.74) is -0.0265. The molecular weight excluding hydrogens is 291 g/mol. The van der Waals surface area contributed by atoms with Gasteiger partial charge in [0.1, 0.15) is 11.9 Å². The predicted octanol–water partition coefficient (Wildman–Crippen LogP) is 1.77. The van der Waals surface area contributed by atoms with E-state index in [9.17, 15) is 18.8 Å². The fraction of sp³-hybridized carbons (Fsp3) is 0.400. The zero-order valence-corrected chi connectivity index (χ0v) is 12.1. The maximum Gasteiger partial charge on any atom is 0.326 e. The number of halogens is 1. The third kappa shape index (κ3) is 4.28. The van der Waals surface area contributed by atoms with Crippen molar-refractivity contribution < 1.29 is 23.9 Å². The number of amides is 2. The average Bonchev–Trinajstić information content (AvgIpc) is 3.23. The molecule has 0 aliphatic heterocycles. The first-order chi connectivity index (χ1) is 10.4. The Labute approximate surface area is 126 Å². The molecule has 0 spiro atoms. The van der Waals surface area contributed by atoms with Crippen LogP contribution in [0.5, 0.6) is 0 Å². The van der Waals surface area contributed by atoms with E-state index in [-0.39, 0.29) is 11.3 Å². The van der Waals surface area contributed by atoms with Gasteiger partial charge in [-0.15, -0.1) is 0 Å². The molecule has 0 bridgehead atoms. The van der Waals surface area contributed by atoms with Crippen LogP contribution in [-0.2, 0) is 9.59 Å². The van der Waals surface area contributed by atoms with Crippen LogP contribution in [0.1, 0.15) is 36.5 Å². The Morgan fingerprint density at radius 3 is 2.59 bits per heavy atom. The summed E-state index contributed by atoms with van der Waals surface area (Å²) in [5, 5.41) is 13.8. The molecule has 1 unspecified atom stereocenters. The molecule has 1 aliphatic carbocycles. The van der Waals surface area contributed by atoms with Crippen molar-refractivity contribution in [1.29, 1.82) is 0 Å². The summed E-state index contributed by atoms with van der Waals surface area (Å²) in [6.45, 7) is 1.22. The molecule has 0 radical (unpaired) electrons. The fourth-order valence-electron chi connectivity index (χ4n) is 2.10. The van der Waals surface area contributed by atoms with Gasteiger partial charge in [-0.1, -0.05) is 12.8 Å². The second-order valence-corrected chi connectivity index (χ2v) is 5.42. The Morgan fingerprint density at radius 2 is 2.05 bits per heavy atom. The number of carbonyl (C=O) groups excluding carboxylic acids is 2. The number of carboxylic acids is 1. The van der Waals surface area contributed by atoms with Crippen LogP contribution in [-0.4, -0.2) is 28.9 Å².